The van der Waals surface area contributed by atoms with Gasteiger partial charge in [-0.1, -0.05) is 86.1 Å². The topological polar surface area (TPSA) is 41.5 Å². The maximum atomic E-state index is 5.85. The minimum Gasteiger partial charge on any atom is -0.492 e. The smallest absolute Gasteiger partial charge is 0.119 e. The van der Waals surface area contributed by atoms with Crippen molar-refractivity contribution in [2.45, 2.75) is 60.0 Å². The van der Waals surface area contributed by atoms with Crippen molar-refractivity contribution in [1.29, 1.82) is 0 Å². The third kappa shape index (κ3) is 11.6. The number of allylic oxidation sites excluding steroid dienone is 1. The van der Waals surface area contributed by atoms with Crippen molar-refractivity contribution in [3.63, 3.8) is 0 Å². The largest absolute Gasteiger partial charge is 0.492 e. The highest BCUT2D eigenvalue weighted by molar-refractivity contribution is 6.42. The molecule has 0 radical (unpaired) electrons. The van der Waals surface area contributed by atoms with E-state index in [1.807, 2.05) is 49.4 Å². The molecular formula is C36H48Cl2N4O. The highest BCUT2D eigenvalue weighted by Gasteiger charge is 2.10. The zero-order valence-corrected chi connectivity index (χ0v) is 27.8. The Kier molecular flexibility index (Phi) is 15.0. The van der Waals surface area contributed by atoms with Gasteiger partial charge in [0, 0.05) is 50.1 Å². The Morgan fingerprint density at radius 3 is 2.47 bits per heavy atom. The third-order valence-electron chi connectivity index (χ3n) is 7.18. The molecule has 0 aliphatic heterocycles. The number of fused-ring (bicyclic) bond motifs is 1. The van der Waals surface area contributed by atoms with Crippen LogP contribution in [-0.2, 0) is 19.5 Å². The standard InChI is InChI=1S/C26H37N3O.C10H11Cl2N/c1-4-16-28(21-27-15-19-30-24-12-7-6-8-13-24)17-10-18-29-20-22(3)25-14-9-11-23(5-2)26(25)29;1-7(2)13-6-8-3-4-9(11)10(12)5-8/h6-9,11-14,20,27H,4-5,10,15-19,21H2,1-3H3;3-5,13H,1,6H2,2H3. The van der Waals surface area contributed by atoms with Crippen LogP contribution in [0.15, 0.2) is 85.2 Å². The van der Waals surface area contributed by atoms with Crippen LogP contribution in [-0.4, -0.2) is 42.4 Å². The Morgan fingerprint density at radius 1 is 0.977 bits per heavy atom. The number of nitrogens with one attached hydrogen (secondary N) is 2. The van der Waals surface area contributed by atoms with Gasteiger partial charge in [-0.3, -0.25) is 4.90 Å². The first kappa shape index (κ1) is 34.5. The quantitative estimate of drug-likeness (QED) is 0.0967. The average molecular weight is 624 g/mol. The maximum Gasteiger partial charge on any atom is 0.119 e. The van der Waals surface area contributed by atoms with Crippen LogP contribution in [0.4, 0.5) is 0 Å². The van der Waals surface area contributed by atoms with E-state index in [1.54, 1.807) is 6.07 Å². The van der Waals surface area contributed by atoms with Crippen molar-refractivity contribution in [3.05, 3.63) is 112 Å². The van der Waals surface area contributed by atoms with E-state index in [2.05, 4.69) is 71.8 Å². The molecule has 0 saturated heterocycles. The molecular weight excluding hydrogens is 575 g/mol. The van der Waals surface area contributed by atoms with Gasteiger partial charge in [0.25, 0.3) is 0 Å². The molecule has 0 saturated carbocycles. The lowest BCUT2D eigenvalue weighted by Gasteiger charge is -2.22. The number of rotatable bonds is 16. The molecule has 0 unspecified atom stereocenters. The average Bonchev–Trinajstić information content (AvgIpc) is 3.33. The van der Waals surface area contributed by atoms with E-state index in [0.717, 1.165) is 69.2 Å². The molecule has 0 atom stereocenters. The van der Waals surface area contributed by atoms with Gasteiger partial charge in [-0.2, -0.15) is 0 Å². The molecule has 0 aliphatic carbocycles. The number of hydrogen-bond acceptors (Lipinski definition) is 4. The summed E-state index contributed by atoms with van der Waals surface area (Å²) in [5.74, 6) is 0.936. The lowest BCUT2D eigenvalue weighted by Crippen LogP contribution is -2.37. The SMILES string of the molecule is C=C(C)NCc1ccc(Cl)c(Cl)c1.CCCN(CCCn1cc(C)c2cccc(CC)c21)CNCCOc1ccccc1. The van der Waals surface area contributed by atoms with Gasteiger partial charge in [0.05, 0.1) is 15.6 Å². The Bertz CT molecular complexity index is 1400. The summed E-state index contributed by atoms with van der Waals surface area (Å²) in [5, 5.41) is 9.22. The van der Waals surface area contributed by atoms with Crippen molar-refractivity contribution in [1.82, 2.24) is 20.1 Å². The molecule has 0 fully saturated rings. The van der Waals surface area contributed by atoms with Gasteiger partial charge in [-0.05, 0) is 80.6 Å². The summed E-state index contributed by atoms with van der Waals surface area (Å²) < 4.78 is 8.23. The molecule has 1 heterocycles. The molecule has 4 rings (SSSR count). The van der Waals surface area contributed by atoms with Crippen molar-refractivity contribution in [2.24, 2.45) is 0 Å². The monoisotopic (exact) mass is 622 g/mol. The first-order valence-electron chi connectivity index (χ1n) is 15.3. The van der Waals surface area contributed by atoms with Crippen LogP contribution in [0, 0.1) is 6.92 Å². The zero-order valence-electron chi connectivity index (χ0n) is 26.3. The summed E-state index contributed by atoms with van der Waals surface area (Å²) >= 11 is 11.6. The van der Waals surface area contributed by atoms with Crippen molar-refractivity contribution >= 4 is 34.1 Å². The summed E-state index contributed by atoms with van der Waals surface area (Å²) in [7, 11) is 0. The predicted octanol–water partition coefficient (Wildman–Crippen LogP) is 8.86. The van der Waals surface area contributed by atoms with E-state index < -0.39 is 0 Å². The molecule has 0 aliphatic rings. The van der Waals surface area contributed by atoms with Crippen LogP contribution in [0.3, 0.4) is 0 Å². The second-order valence-corrected chi connectivity index (χ2v) is 11.7. The lowest BCUT2D eigenvalue weighted by molar-refractivity contribution is 0.233. The summed E-state index contributed by atoms with van der Waals surface area (Å²) in [6, 6.07) is 22.3. The Labute approximate surface area is 268 Å². The third-order valence-corrected chi connectivity index (χ3v) is 7.92. The normalized spacial score (nSPS) is 11.0. The molecule has 0 amide bonds. The number of para-hydroxylation sites is 2. The molecule has 3 aromatic carbocycles. The summed E-state index contributed by atoms with van der Waals surface area (Å²) in [6.07, 6.45) is 5.74. The fraction of sp³-hybridized carbons (Fsp3) is 0.389. The molecule has 2 N–H and O–H groups in total. The molecule has 0 bridgehead atoms. The van der Waals surface area contributed by atoms with Crippen molar-refractivity contribution in [3.8, 4) is 5.75 Å². The first-order chi connectivity index (χ1) is 20.8. The van der Waals surface area contributed by atoms with E-state index in [0.29, 0.717) is 16.7 Å². The molecule has 232 valence electrons. The van der Waals surface area contributed by atoms with E-state index >= 15 is 0 Å². The molecule has 7 heteroatoms. The number of ether oxygens (including phenoxy) is 1. The Balaban J connectivity index is 0.000000326. The molecule has 4 aromatic rings. The van der Waals surface area contributed by atoms with Gasteiger partial charge in [0.15, 0.2) is 0 Å². The number of aryl methyl sites for hydroxylation is 3. The van der Waals surface area contributed by atoms with Crippen molar-refractivity contribution in [2.75, 3.05) is 32.9 Å². The van der Waals surface area contributed by atoms with Gasteiger partial charge in [0.1, 0.15) is 12.4 Å². The minimum atomic E-state index is 0.584. The molecule has 0 spiro atoms. The lowest BCUT2D eigenvalue weighted by atomic mass is 10.1. The molecule has 43 heavy (non-hydrogen) atoms. The zero-order chi connectivity index (χ0) is 31.0. The highest BCUT2D eigenvalue weighted by Crippen LogP contribution is 2.25. The van der Waals surface area contributed by atoms with Crippen LogP contribution in [0.2, 0.25) is 10.0 Å². The van der Waals surface area contributed by atoms with Gasteiger partial charge < -0.3 is 19.9 Å². The number of aromatic nitrogens is 1. The second kappa shape index (κ2) is 18.6. The van der Waals surface area contributed by atoms with E-state index in [4.69, 9.17) is 27.9 Å². The summed E-state index contributed by atoms with van der Waals surface area (Å²) in [6.45, 7) is 18.9. The van der Waals surface area contributed by atoms with Gasteiger partial charge in [-0.15, -0.1) is 0 Å². The van der Waals surface area contributed by atoms with Gasteiger partial charge in [-0.25, -0.2) is 0 Å². The first-order valence-corrected chi connectivity index (χ1v) is 16.1. The van der Waals surface area contributed by atoms with Gasteiger partial charge >= 0.3 is 0 Å². The summed E-state index contributed by atoms with van der Waals surface area (Å²) in [5.41, 5.74) is 6.29. The van der Waals surface area contributed by atoms with Gasteiger partial charge in [0.2, 0.25) is 0 Å². The number of benzene rings is 3. The number of nitrogens with zero attached hydrogens (tertiary/aromatic N) is 2. The van der Waals surface area contributed by atoms with Crippen LogP contribution >= 0.6 is 23.2 Å². The Hall–Kier alpha value is -2.96. The number of halogens is 2. The second-order valence-electron chi connectivity index (χ2n) is 10.8. The highest BCUT2D eigenvalue weighted by atomic mass is 35.5. The summed E-state index contributed by atoms with van der Waals surface area (Å²) in [4.78, 5) is 2.52. The Morgan fingerprint density at radius 2 is 1.77 bits per heavy atom. The molecule has 1 aromatic heterocycles. The van der Waals surface area contributed by atoms with Crippen LogP contribution in [0.1, 0.15) is 50.3 Å². The minimum absolute atomic E-state index is 0.584. The van der Waals surface area contributed by atoms with Crippen LogP contribution in [0.5, 0.6) is 5.75 Å². The predicted molar refractivity (Wildman–Crippen MR) is 185 cm³/mol. The fourth-order valence-corrected chi connectivity index (χ4v) is 5.35. The van der Waals surface area contributed by atoms with Crippen molar-refractivity contribution < 1.29 is 4.74 Å². The molecule has 5 nitrogen and oxygen atoms in total. The van der Waals surface area contributed by atoms with E-state index in [-0.39, 0.29) is 0 Å². The maximum absolute atomic E-state index is 5.85. The van der Waals surface area contributed by atoms with Crippen LogP contribution in [0.25, 0.3) is 10.9 Å². The van der Waals surface area contributed by atoms with E-state index in [1.165, 1.54) is 28.5 Å². The number of hydrogen-bond donors (Lipinski definition) is 2. The van der Waals surface area contributed by atoms with E-state index in [9.17, 15) is 0 Å². The fourth-order valence-electron chi connectivity index (χ4n) is 5.03. The van der Waals surface area contributed by atoms with Crippen LogP contribution < -0.4 is 15.4 Å².